The zero-order valence-corrected chi connectivity index (χ0v) is 10.5. The third-order valence-electron chi connectivity index (χ3n) is 2.60. The van der Waals surface area contributed by atoms with E-state index < -0.39 is 5.97 Å². The van der Waals surface area contributed by atoms with E-state index >= 15 is 0 Å². The van der Waals surface area contributed by atoms with Gasteiger partial charge in [-0.05, 0) is 29.9 Å². The second kappa shape index (κ2) is 6.40. The van der Waals surface area contributed by atoms with Crippen LogP contribution in [0.25, 0.3) is 0 Å². The molecule has 3 heteroatoms. The van der Waals surface area contributed by atoms with Crippen LogP contribution in [-0.2, 0) is 17.6 Å². The Kier molecular flexibility index (Phi) is 5.16. The fraction of sp³-hybridized carbons (Fsp3) is 0.500. The molecular formula is C14H21NO2. The largest absolute Gasteiger partial charge is 0.481 e. The lowest BCUT2D eigenvalue weighted by Crippen LogP contribution is -2.26. The lowest BCUT2D eigenvalue weighted by atomic mass is 9.99. The Morgan fingerprint density at radius 2 is 1.65 bits per heavy atom. The molecule has 0 aliphatic rings. The first kappa shape index (κ1) is 13.7. The molecule has 0 amide bonds. The second-order valence-corrected chi connectivity index (χ2v) is 4.98. The highest BCUT2D eigenvalue weighted by Gasteiger charge is 2.08. The van der Waals surface area contributed by atoms with E-state index in [1.165, 1.54) is 5.56 Å². The fourth-order valence-electron chi connectivity index (χ4n) is 1.88. The van der Waals surface area contributed by atoms with Gasteiger partial charge in [-0.1, -0.05) is 38.1 Å². The summed E-state index contributed by atoms with van der Waals surface area (Å²) in [5.41, 5.74) is 8.16. The van der Waals surface area contributed by atoms with Gasteiger partial charge in [-0.25, -0.2) is 0 Å². The summed E-state index contributed by atoms with van der Waals surface area (Å²) in [6.07, 6.45) is 1.71. The summed E-state index contributed by atoms with van der Waals surface area (Å²) < 4.78 is 0. The lowest BCUT2D eigenvalue weighted by Gasteiger charge is -2.10. The van der Waals surface area contributed by atoms with Crippen LogP contribution in [0.5, 0.6) is 0 Å². The molecule has 94 valence electrons. The Labute approximate surface area is 103 Å². The maximum Gasteiger partial charge on any atom is 0.304 e. The topological polar surface area (TPSA) is 63.3 Å². The van der Waals surface area contributed by atoms with E-state index in [-0.39, 0.29) is 12.5 Å². The molecule has 1 rings (SSSR count). The second-order valence-electron chi connectivity index (χ2n) is 4.98. The average molecular weight is 235 g/mol. The summed E-state index contributed by atoms with van der Waals surface area (Å²) in [5.74, 6) is -0.191. The number of nitrogens with two attached hydrogens (primary N) is 1. The molecule has 1 aromatic rings. The van der Waals surface area contributed by atoms with Crippen molar-refractivity contribution in [2.75, 3.05) is 0 Å². The van der Waals surface area contributed by atoms with Crippen LogP contribution in [-0.4, -0.2) is 17.1 Å². The molecule has 0 heterocycles. The molecule has 0 fully saturated rings. The van der Waals surface area contributed by atoms with Gasteiger partial charge < -0.3 is 10.8 Å². The lowest BCUT2D eigenvalue weighted by molar-refractivity contribution is -0.137. The fourth-order valence-corrected chi connectivity index (χ4v) is 1.88. The van der Waals surface area contributed by atoms with Gasteiger partial charge in [0.1, 0.15) is 0 Å². The van der Waals surface area contributed by atoms with E-state index in [9.17, 15) is 4.79 Å². The monoisotopic (exact) mass is 235 g/mol. The molecule has 0 saturated heterocycles. The van der Waals surface area contributed by atoms with Crippen LogP contribution in [0.1, 0.15) is 31.4 Å². The number of carboxylic acids is 1. The average Bonchev–Trinajstić information content (AvgIpc) is 2.18. The van der Waals surface area contributed by atoms with Gasteiger partial charge in [-0.2, -0.15) is 0 Å². The van der Waals surface area contributed by atoms with Crippen molar-refractivity contribution < 1.29 is 9.90 Å². The van der Waals surface area contributed by atoms with Crippen LogP contribution in [0.4, 0.5) is 0 Å². The van der Waals surface area contributed by atoms with E-state index in [2.05, 4.69) is 26.0 Å². The minimum Gasteiger partial charge on any atom is -0.481 e. The number of hydrogen-bond donors (Lipinski definition) is 2. The first-order valence-corrected chi connectivity index (χ1v) is 6.02. The predicted octanol–water partition coefficient (Wildman–Crippen LogP) is 2.23. The van der Waals surface area contributed by atoms with Crippen LogP contribution in [0.2, 0.25) is 0 Å². The Hall–Kier alpha value is -1.35. The van der Waals surface area contributed by atoms with Crippen molar-refractivity contribution in [3.8, 4) is 0 Å². The SMILES string of the molecule is CC(C)Cc1ccc(C[C@H](N)CC(=O)O)cc1. The quantitative estimate of drug-likeness (QED) is 0.794. The molecule has 1 atom stereocenters. The Balaban J connectivity index is 2.53. The van der Waals surface area contributed by atoms with Crippen LogP contribution in [0, 0.1) is 5.92 Å². The van der Waals surface area contributed by atoms with Crippen molar-refractivity contribution in [2.24, 2.45) is 11.7 Å². The molecule has 0 aliphatic heterocycles. The van der Waals surface area contributed by atoms with E-state index in [1.807, 2.05) is 12.1 Å². The molecule has 0 radical (unpaired) electrons. The Bertz CT molecular complexity index is 357. The van der Waals surface area contributed by atoms with Gasteiger partial charge in [-0.3, -0.25) is 4.79 Å². The third kappa shape index (κ3) is 5.50. The Morgan fingerprint density at radius 3 is 2.06 bits per heavy atom. The molecule has 3 N–H and O–H groups in total. The van der Waals surface area contributed by atoms with Crippen molar-refractivity contribution in [3.05, 3.63) is 35.4 Å². The molecule has 0 spiro atoms. The van der Waals surface area contributed by atoms with Gasteiger partial charge in [0.2, 0.25) is 0 Å². The number of rotatable bonds is 6. The number of hydrogen-bond acceptors (Lipinski definition) is 2. The number of carbonyl (C=O) groups is 1. The molecule has 17 heavy (non-hydrogen) atoms. The van der Waals surface area contributed by atoms with Crippen molar-refractivity contribution >= 4 is 5.97 Å². The summed E-state index contributed by atoms with van der Waals surface area (Å²) >= 11 is 0. The summed E-state index contributed by atoms with van der Waals surface area (Å²) in [4.78, 5) is 10.5. The third-order valence-corrected chi connectivity index (χ3v) is 2.60. The molecule has 1 aromatic carbocycles. The number of benzene rings is 1. The summed E-state index contributed by atoms with van der Waals surface area (Å²) in [6, 6.07) is 7.98. The molecular weight excluding hydrogens is 214 g/mol. The highest BCUT2D eigenvalue weighted by molar-refractivity contribution is 5.67. The van der Waals surface area contributed by atoms with Crippen molar-refractivity contribution in [1.29, 1.82) is 0 Å². The van der Waals surface area contributed by atoms with Gasteiger partial charge >= 0.3 is 5.97 Å². The molecule has 0 aromatic heterocycles. The van der Waals surface area contributed by atoms with Crippen LogP contribution in [0.15, 0.2) is 24.3 Å². The highest BCUT2D eigenvalue weighted by atomic mass is 16.4. The summed E-state index contributed by atoms with van der Waals surface area (Å²) in [7, 11) is 0. The molecule has 0 saturated carbocycles. The van der Waals surface area contributed by atoms with E-state index in [0.717, 1.165) is 12.0 Å². The van der Waals surface area contributed by atoms with Crippen LogP contribution < -0.4 is 5.73 Å². The van der Waals surface area contributed by atoms with E-state index in [4.69, 9.17) is 10.8 Å². The normalized spacial score (nSPS) is 12.7. The van der Waals surface area contributed by atoms with E-state index in [0.29, 0.717) is 12.3 Å². The highest BCUT2D eigenvalue weighted by Crippen LogP contribution is 2.11. The minimum atomic E-state index is -0.839. The smallest absolute Gasteiger partial charge is 0.304 e. The molecule has 3 nitrogen and oxygen atoms in total. The predicted molar refractivity (Wildman–Crippen MR) is 68.9 cm³/mol. The van der Waals surface area contributed by atoms with Crippen LogP contribution >= 0.6 is 0 Å². The first-order valence-electron chi connectivity index (χ1n) is 6.02. The van der Waals surface area contributed by atoms with Gasteiger partial charge in [0.25, 0.3) is 0 Å². The standard InChI is InChI=1S/C14H21NO2/c1-10(2)7-11-3-5-12(6-4-11)8-13(15)9-14(16)17/h3-6,10,13H,7-9,15H2,1-2H3,(H,16,17)/t13-/m0/s1. The van der Waals surface area contributed by atoms with Crippen molar-refractivity contribution in [2.45, 2.75) is 39.2 Å². The van der Waals surface area contributed by atoms with Gasteiger partial charge in [0, 0.05) is 6.04 Å². The zero-order chi connectivity index (χ0) is 12.8. The Morgan fingerprint density at radius 1 is 1.18 bits per heavy atom. The molecule has 0 bridgehead atoms. The van der Waals surface area contributed by atoms with Gasteiger partial charge in [0.05, 0.1) is 6.42 Å². The van der Waals surface area contributed by atoms with E-state index in [1.54, 1.807) is 0 Å². The van der Waals surface area contributed by atoms with Crippen LogP contribution in [0.3, 0.4) is 0 Å². The first-order chi connectivity index (χ1) is 7.97. The minimum absolute atomic E-state index is 0.0216. The maximum absolute atomic E-state index is 10.5. The van der Waals surface area contributed by atoms with Crippen molar-refractivity contribution in [1.82, 2.24) is 0 Å². The zero-order valence-electron chi connectivity index (χ0n) is 10.5. The number of carboxylic acid groups (broad SMARTS) is 1. The van der Waals surface area contributed by atoms with Gasteiger partial charge in [-0.15, -0.1) is 0 Å². The number of aliphatic carboxylic acids is 1. The maximum atomic E-state index is 10.5. The van der Waals surface area contributed by atoms with Crippen molar-refractivity contribution in [3.63, 3.8) is 0 Å². The van der Waals surface area contributed by atoms with Gasteiger partial charge in [0.15, 0.2) is 0 Å². The molecule has 0 unspecified atom stereocenters. The summed E-state index contributed by atoms with van der Waals surface area (Å²) in [6.45, 7) is 4.38. The molecule has 0 aliphatic carbocycles. The summed E-state index contributed by atoms with van der Waals surface area (Å²) in [5, 5.41) is 8.63.